The molecule has 88 valence electrons. The molecule has 0 unspecified atom stereocenters. The lowest BCUT2D eigenvalue weighted by molar-refractivity contribution is 0.117. The Morgan fingerprint density at radius 3 is 2.13 bits per heavy atom. The standard InChI is InChI=1S/C12H25N3/c1-3-14-6-8-15(9-7-14)11-12(4-5-12)10-13-2/h13H,3-11H2,1-2H3. The van der Waals surface area contributed by atoms with Crippen molar-refractivity contribution >= 4 is 0 Å². The lowest BCUT2D eigenvalue weighted by atomic mass is 10.1. The highest BCUT2D eigenvalue weighted by molar-refractivity contribution is 4.97. The first-order valence-electron chi connectivity index (χ1n) is 6.37. The Hall–Kier alpha value is -0.120. The van der Waals surface area contributed by atoms with Gasteiger partial charge in [-0.2, -0.15) is 0 Å². The number of piperazine rings is 1. The zero-order valence-corrected chi connectivity index (χ0v) is 10.3. The maximum Gasteiger partial charge on any atom is 0.0110 e. The van der Waals surface area contributed by atoms with Gasteiger partial charge < -0.3 is 15.1 Å². The van der Waals surface area contributed by atoms with Crippen molar-refractivity contribution in [2.45, 2.75) is 19.8 Å². The molecule has 0 amide bonds. The van der Waals surface area contributed by atoms with Crippen LogP contribution in [0.2, 0.25) is 0 Å². The lowest BCUT2D eigenvalue weighted by Gasteiger charge is -2.36. The summed E-state index contributed by atoms with van der Waals surface area (Å²) in [5.41, 5.74) is 0.642. The molecule has 0 aromatic heterocycles. The number of hydrogen-bond acceptors (Lipinski definition) is 3. The van der Waals surface area contributed by atoms with Crippen LogP contribution in [0.3, 0.4) is 0 Å². The Morgan fingerprint density at radius 1 is 1.07 bits per heavy atom. The quantitative estimate of drug-likeness (QED) is 0.719. The van der Waals surface area contributed by atoms with Crippen molar-refractivity contribution in [2.75, 3.05) is 52.9 Å². The average Bonchev–Trinajstić information content (AvgIpc) is 3.00. The third-order valence-corrected chi connectivity index (χ3v) is 3.98. The average molecular weight is 211 g/mol. The Morgan fingerprint density at radius 2 is 1.67 bits per heavy atom. The van der Waals surface area contributed by atoms with Crippen molar-refractivity contribution in [3.8, 4) is 0 Å². The van der Waals surface area contributed by atoms with E-state index in [4.69, 9.17) is 0 Å². The summed E-state index contributed by atoms with van der Waals surface area (Å²) in [6, 6.07) is 0. The Balaban J connectivity index is 1.72. The smallest absolute Gasteiger partial charge is 0.0110 e. The van der Waals surface area contributed by atoms with E-state index in [1.807, 2.05) is 0 Å². The molecule has 0 radical (unpaired) electrons. The first kappa shape index (κ1) is 11.4. The van der Waals surface area contributed by atoms with Crippen LogP contribution in [0.15, 0.2) is 0 Å². The summed E-state index contributed by atoms with van der Waals surface area (Å²) >= 11 is 0. The molecule has 1 saturated heterocycles. The van der Waals surface area contributed by atoms with E-state index in [0.717, 1.165) is 0 Å². The molecule has 1 saturated carbocycles. The van der Waals surface area contributed by atoms with Crippen LogP contribution in [-0.4, -0.2) is 62.7 Å². The van der Waals surface area contributed by atoms with E-state index in [9.17, 15) is 0 Å². The topological polar surface area (TPSA) is 18.5 Å². The second-order valence-corrected chi connectivity index (χ2v) is 5.24. The minimum absolute atomic E-state index is 0.642. The molecule has 2 fully saturated rings. The van der Waals surface area contributed by atoms with Crippen molar-refractivity contribution in [3.63, 3.8) is 0 Å². The first-order valence-corrected chi connectivity index (χ1v) is 6.37. The zero-order chi connectivity index (χ0) is 10.7. The second kappa shape index (κ2) is 4.81. The van der Waals surface area contributed by atoms with Gasteiger partial charge in [-0.05, 0) is 31.8 Å². The molecular formula is C12H25N3. The van der Waals surface area contributed by atoms with E-state index >= 15 is 0 Å². The largest absolute Gasteiger partial charge is 0.319 e. The second-order valence-electron chi connectivity index (χ2n) is 5.24. The van der Waals surface area contributed by atoms with Gasteiger partial charge in [-0.3, -0.25) is 0 Å². The van der Waals surface area contributed by atoms with Gasteiger partial charge in [0.25, 0.3) is 0 Å². The summed E-state index contributed by atoms with van der Waals surface area (Å²) in [7, 11) is 2.08. The number of likely N-dealkylation sites (N-methyl/N-ethyl adjacent to an activating group) is 1. The van der Waals surface area contributed by atoms with E-state index in [0.29, 0.717) is 5.41 Å². The molecule has 2 aliphatic rings. The van der Waals surface area contributed by atoms with Crippen LogP contribution in [0.5, 0.6) is 0 Å². The molecule has 0 spiro atoms. The van der Waals surface area contributed by atoms with Gasteiger partial charge in [0.05, 0.1) is 0 Å². The Bertz CT molecular complexity index is 193. The molecule has 1 aliphatic heterocycles. The van der Waals surface area contributed by atoms with Crippen molar-refractivity contribution in [2.24, 2.45) is 5.41 Å². The molecule has 3 nitrogen and oxygen atoms in total. The monoisotopic (exact) mass is 211 g/mol. The summed E-state index contributed by atoms with van der Waals surface area (Å²) in [5, 5.41) is 3.34. The van der Waals surface area contributed by atoms with Crippen molar-refractivity contribution in [3.05, 3.63) is 0 Å². The molecule has 0 atom stereocenters. The van der Waals surface area contributed by atoms with Gasteiger partial charge in [0.2, 0.25) is 0 Å². The van der Waals surface area contributed by atoms with Gasteiger partial charge in [-0.25, -0.2) is 0 Å². The molecule has 1 heterocycles. The van der Waals surface area contributed by atoms with Crippen molar-refractivity contribution in [1.82, 2.24) is 15.1 Å². The van der Waals surface area contributed by atoms with Gasteiger partial charge in [0.15, 0.2) is 0 Å². The van der Waals surface area contributed by atoms with Crippen LogP contribution in [0.25, 0.3) is 0 Å². The fourth-order valence-corrected chi connectivity index (χ4v) is 2.68. The fourth-order valence-electron chi connectivity index (χ4n) is 2.68. The SMILES string of the molecule is CCN1CCN(CC2(CNC)CC2)CC1. The molecule has 0 bridgehead atoms. The number of hydrogen-bond donors (Lipinski definition) is 1. The summed E-state index contributed by atoms with van der Waals surface area (Å²) < 4.78 is 0. The van der Waals surface area contributed by atoms with Crippen molar-refractivity contribution < 1.29 is 0 Å². The maximum atomic E-state index is 3.34. The third kappa shape index (κ3) is 2.92. The molecule has 0 aromatic carbocycles. The number of nitrogens with one attached hydrogen (secondary N) is 1. The van der Waals surface area contributed by atoms with E-state index in [2.05, 4.69) is 29.1 Å². The third-order valence-electron chi connectivity index (χ3n) is 3.98. The maximum absolute atomic E-state index is 3.34. The van der Waals surface area contributed by atoms with E-state index in [1.165, 1.54) is 58.7 Å². The summed E-state index contributed by atoms with van der Waals surface area (Å²) in [4.78, 5) is 5.21. The van der Waals surface area contributed by atoms with Crippen molar-refractivity contribution in [1.29, 1.82) is 0 Å². The van der Waals surface area contributed by atoms with Gasteiger partial charge in [0.1, 0.15) is 0 Å². The normalized spacial score (nSPS) is 26.8. The molecule has 3 heteroatoms. The Labute approximate surface area is 93.8 Å². The predicted octanol–water partition coefficient (Wildman–Crippen LogP) is 0.623. The van der Waals surface area contributed by atoms with Crippen LogP contribution in [0.4, 0.5) is 0 Å². The Kier molecular flexibility index (Phi) is 3.65. The molecule has 15 heavy (non-hydrogen) atoms. The summed E-state index contributed by atoms with van der Waals surface area (Å²) in [6.45, 7) is 11.1. The predicted molar refractivity (Wildman–Crippen MR) is 64.1 cm³/mol. The first-order chi connectivity index (χ1) is 7.28. The number of nitrogens with zero attached hydrogens (tertiary/aromatic N) is 2. The van der Waals surface area contributed by atoms with Gasteiger partial charge in [-0.15, -0.1) is 0 Å². The highest BCUT2D eigenvalue weighted by Crippen LogP contribution is 2.45. The van der Waals surface area contributed by atoms with Gasteiger partial charge in [-0.1, -0.05) is 6.92 Å². The van der Waals surface area contributed by atoms with E-state index in [1.54, 1.807) is 0 Å². The fraction of sp³-hybridized carbons (Fsp3) is 1.00. The molecule has 0 aromatic rings. The highest BCUT2D eigenvalue weighted by atomic mass is 15.3. The van der Waals surface area contributed by atoms with Crippen LogP contribution in [0.1, 0.15) is 19.8 Å². The molecule has 1 aliphatic carbocycles. The molecule has 1 N–H and O–H groups in total. The minimum Gasteiger partial charge on any atom is -0.319 e. The van der Waals surface area contributed by atoms with Crippen LogP contribution in [0, 0.1) is 5.41 Å². The summed E-state index contributed by atoms with van der Waals surface area (Å²) in [6.07, 6.45) is 2.86. The highest BCUT2D eigenvalue weighted by Gasteiger charge is 2.43. The van der Waals surface area contributed by atoms with Crippen LogP contribution >= 0.6 is 0 Å². The zero-order valence-electron chi connectivity index (χ0n) is 10.3. The lowest BCUT2D eigenvalue weighted by Crippen LogP contribution is -2.48. The molecular weight excluding hydrogens is 186 g/mol. The van der Waals surface area contributed by atoms with Gasteiger partial charge in [0, 0.05) is 39.3 Å². The van der Waals surface area contributed by atoms with Crippen LogP contribution < -0.4 is 5.32 Å². The minimum atomic E-state index is 0.642. The van der Waals surface area contributed by atoms with E-state index in [-0.39, 0.29) is 0 Å². The van der Waals surface area contributed by atoms with E-state index < -0.39 is 0 Å². The summed E-state index contributed by atoms with van der Waals surface area (Å²) in [5.74, 6) is 0. The van der Waals surface area contributed by atoms with Gasteiger partial charge >= 0.3 is 0 Å². The molecule has 2 rings (SSSR count). The number of rotatable bonds is 5. The van der Waals surface area contributed by atoms with Crippen LogP contribution in [-0.2, 0) is 0 Å².